The van der Waals surface area contributed by atoms with E-state index in [1.807, 2.05) is 84.9 Å². The van der Waals surface area contributed by atoms with Gasteiger partial charge in [0, 0.05) is 0 Å². The Morgan fingerprint density at radius 1 is 0.852 bits per heavy atom. The highest BCUT2D eigenvalue weighted by Crippen LogP contribution is 2.31. The van der Waals surface area contributed by atoms with Crippen LogP contribution in [0.15, 0.2) is 84.9 Å². The van der Waals surface area contributed by atoms with Gasteiger partial charge in [0.05, 0.1) is 0 Å². The van der Waals surface area contributed by atoms with E-state index in [9.17, 15) is 4.79 Å². The van der Waals surface area contributed by atoms with Crippen molar-refractivity contribution in [1.82, 2.24) is 0 Å². The number of carbonyl (C=O) groups is 1. The van der Waals surface area contributed by atoms with Gasteiger partial charge in [-0.1, -0.05) is 72.8 Å². The van der Waals surface area contributed by atoms with E-state index in [0.717, 1.165) is 11.1 Å². The number of rotatable bonds is 5. The Kier molecular flexibility index (Phi) is 5.06. The summed E-state index contributed by atoms with van der Waals surface area (Å²) in [6.45, 7) is 0.495. The van der Waals surface area contributed by atoms with E-state index in [1.165, 1.54) is 0 Å². The molecule has 1 aliphatic rings. The number of hydrogen-bond donors (Lipinski definition) is 0. The first-order valence-electron chi connectivity index (χ1n) is 8.96. The Morgan fingerprint density at radius 2 is 1.41 bits per heavy atom. The molecular weight excluding hydrogens is 340 g/mol. The van der Waals surface area contributed by atoms with Crippen LogP contribution in [0.5, 0.6) is 11.5 Å². The van der Waals surface area contributed by atoms with Gasteiger partial charge >= 0.3 is 5.97 Å². The van der Waals surface area contributed by atoms with Gasteiger partial charge in [0.15, 0.2) is 17.6 Å². The molecule has 0 amide bonds. The molecule has 136 valence electrons. The highest BCUT2D eigenvalue weighted by atomic mass is 16.6. The number of benzene rings is 3. The van der Waals surface area contributed by atoms with Gasteiger partial charge in [-0.25, -0.2) is 0 Å². The summed E-state index contributed by atoms with van der Waals surface area (Å²) < 4.78 is 17.2. The third kappa shape index (κ3) is 3.95. The number of esters is 1. The highest BCUT2D eigenvalue weighted by molar-refractivity contribution is 5.82. The first-order valence-corrected chi connectivity index (χ1v) is 8.96. The molecule has 0 N–H and O–H groups in total. The van der Waals surface area contributed by atoms with E-state index < -0.39 is 5.92 Å². The molecule has 1 heterocycles. The van der Waals surface area contributed by atoms with Gasteiger partial charge in [0.1, 0.15) is 19.1 Å². The van der Waals surface area contributed by atoms with Crippen LogP contribution in [0.4, 0.5) is 0 Å². The number of para-hydroxylation sites is 2. The monoisotopic (exact) mass is 360 g/mol. The summed E-state index contributed by atoms with van der Waals surface area (Å²) in [7, 11) is 0. The Morgan fingerprint density at radius 3 is 2.04 bits per heavy atom. The Bertz CT molecular complexity index is 853. The third-order valence-corrected chi connectivity index (χ3v) is 4.48. The number of hydrogen-bond acceptors (Lipinski definition) is 4. The molecule has 1 aliphatic heterocycles. The van der Waals surface area contributed by atoms with Gasteiger partial charge in [0.2, 0.25) is 0 Å². The molecule has 0 spiro atoms. The number of ether oxygens (including phenoxy) is 3. The number of fused-ring (bicyclic) bond motifs is 1. The summed E-state index contributed by atoms with van der Waals surface area (Å²) in [6.07, 6.45) is -0.323. The van der Waals surface area contributed by atoms with Crippen LogP contribution in [-0.2, 0) is 9.53 Å². The molecule has 0 saturated heterocycles. The fourth-order valence-corrected chi connectivity index (χ4v) is 3.16. The molecule has 1 atom stereocenters. The molecule has 0 unspecified atom stereocenters. The Balaban J connectivity index is 1.47. The van der Waals surface area contributed by atoms with Crippen LogP contribution in [0.1, 0.15) is 17.0 Å². The molecule has 0 fully saturated rings. The fraction of sp³-hybridized carbons (Fsp3) is 0.174. The van der Waals surface area contributed by atoms with Crippen LogP contribution in [0, 0.1) is 0 Å². The van der Waals surface area contributed by atoms with Gasteiger partial charge < -0.3 is 14.2 Å². The van der Waals surface area contributed by atoms with Gasteiger partial charge in [0.25, 0.3) is 0 Å². The standard InChI is InChI=1S/C23H20O4/c24-23(26-16-19-15-25-20-13-7-8-14-21(20)27-19)22(17-9-3-1-4-10-17)18-11-5-2-6-12-18/h1-14,19,22H,15-16H2/t19-/m1/s1. The van der Waals surface area contributed by atoms with Crippen molar-refractivity contribution in [2.45, 2.75) is 12.0 Å². The van der Waals surface area contributed by atoms with Gasteiger partial charge in [-0.05, 0) is 23.3 Å². The summed E-state index contributed by atoms with van der Waals surface area (Å²) in [5.41, 5.74) is 1.81. The smallest absolute Gasteiger partial charge is 0.318 e. The SMILES string of the molecule is O=C(OC[C@H]1COc2ccccc2O1)C(c1ccccc1)c1ccccc1. The lowest BCUT2D eigenvalue weighted by atomic mass is 9.91. The zero-order chi connectivity index (χ0) is 18.5. The summed E-state index contributed by atoms with van der Waals surface area (Å²) in [4.78, 5) is 12.9. The maximum absolute atomic E-state index is 12.9. The van der Waals surface area contributed by atoms with Crippen molar-refractivity contribution >= 4 is 5.97 Å². The van der Waals surface area contributed by atoms with Crippen molar-refractivity contribution in [3.05, 3.63) is 96.1 Å². The average Bonchev–Trinajstić information content (AvgIpc) is 2.74. The van der Waals surface area contributed by atoms with Crippen molar-refractivity contribution in [3.63, 3.8) is 0 Å². The lowest BCUT2D eigenvalue weighted by Gasteiger charge is -2.26. The topological polar surface area (TPSA) is 44.8 Å². The van der Waals surface area contributed by atoms with Crippen molar-refractivity contribution in [1.29, 1.82) is 0 Å². The first kappa shape index (κ1) is 17.2. The quantitative estimate of drug-likeness (QED) is 0.640. The van der Waals surface area contributed by atoms with Crippen molar-refractivity contribution in [2.24, 2.45) is 0 Å². The average molecular weight is 360 g/mol. The minimum atomic E-state index is -0.468. The molecule has 0 aliphatic carbocycles. The van der Waals surface area contributed by atoms with E-state index >= 15 is 0 Å². The minimum absolute atomic E-state index is 0.142. The Labute approximate surface area is 158 Å². The van der Waals surface area contributed by atoms with E-state index in [4.69, 9.17) is 14.2 Å². The van der Waals surface area contributed by atoms with Crippen molar-refractivity contribution < 1.29 is 19.0 Å². The molecular formula is C23H20O4. The summed E-state index contributed by atoms with van der Waals surface area (Å²) in [6, 6.07) is 26.8. The third-order valence-electron chi connectivity index (χ3n) is 4.48. The minimum Gasteiger partial charge on any atom is -0.486 e. The van der Waals surface area contributed by atoms with Crippen molar-refractivity contribution in [2.75, 3.05) is 13.2 Å². The normalized spacial score (nSPS) is 15.4. The Hall–Kier alpha value is -3.27. The van der Waals surface area contributed by atoms with E-state index in [2.05, 4.69) is 0 Å². The molecule has 0 radical (unpaired) electrons. The van der Waals surface area contributed by atoms with Crippen molar-refractivity contribution in [3.8, 4) is 11.5 Å². The van der Waals surface area contributed by atoms with E-state index in [-0.39, 0.29) is 18.7 Å². The molecule has 0 aromatic heterocycles. The largest absolute Gasteiger partial charge is 0.486 e. The molecule has 4 heteroatoms. The highest BCUT2D eigenvalue weighted by Gasteiger charge is 2.27. The molecule has 4 rings (SSSR count). The van der Waals surface area contributed by atoms with Crippen LogP contribution < -0.4 is 9.47 Å². The predicted octanol–water partition coefficient (Wildman–Crippen LogP) is 4.20. The lowest BCUT2D eigenvalue weighted by molar-refractivity contribution is -0.147. The first-order chi connectivity index (χ1) is 13.3. The van der Waals surface area contributed by atoms with Crippen LogP contribution in [-0.4, -0.2) is 25.3 Å². The van der Waals surface area contributed by atoms with Crippen LogP contribution in [0.2, 0.25) is 0 Å². The second-order valence-electron chi connectivity index (χ2n) is 6.38. The molecule has 4 nitrogen and oxygen atoms in total. The van der Waals surface area contributed by atoms with Gasteiger partial charge in [-0.2, -0.15) is 0 Å². The van der Waals surface area contributed by atoms with Crippen LogP contribution in [0.3, 0.4) is 0 Å². The molecule has 3 aromatic carbocycles. The molecule has 27 heavy (non-hydrogen) atoms. The van der Waals surface area contributed by atoms with Crippen LogP contribution in [0.25, 0.3) is 0 Å². The predicted molar refractivity (Wildman–Crippen MR) is 102 cm³/mol. The summed E-state index contributed by atoms with van der Waals surface area (Å²) >= 11 is 0. The summed E-state index contributed by atoms with van der Waals surface area (Å²) in [5.74, 6) is 0.623. The van der Waals surface area contributed by atoms with E-state index in [1.54, 1.807) is 0 Å². The molecule has 0 saturated carbocycles. The second kappa shape index (κ2) is 7.96. The molecule has 0 bridgehead atoms. The number of carbonyl (C=O) groups excluding carboxylic acids is 1. The fourth-order valence-electron chi connectivity index (χ4n) is 3.16. The second-order valence-corrected chi connectivity index (χ2v) is 6.38. The zero-order valence-corrected chi connectivity index (χ0v) is 14.8. The lowest BCUT2D eigenvalue weighted by Crippen LogP contribution is -2.35. The van der Waals surface area contributed by atoms with Crippen LogP contribution >= 0.6 is 0 Å². The zero-order valence-electron chi connectivity index (χ0n) is 14.8. The van der Waals surface area contributed by atoms with Gasteiger partial charge in [-0.15, -0.1) is 0 Å². The van der Waals surface area contributed by atoms with Gasteiger partial charge in [-0.3, -0.25) is 4.79 Å². The van der Waals surface area contributed by atoms with E-state index in [0.29, 0.717) is 18.1 Å². The summed E-state index contributed by atoms with van der Waals surface area (Å²) in [5, 5.41) is 0. The maximum atomic E-state index is 12.9. The molecule has 3 aromatic rings. The maximum Gasteiger partial charge on any atom is 0.318 e.